The lowest BCUT2D eigenvalue weighted by Crippen LogP contribution is -2.13. The number of thiazole rings is 1. The normalized spacial score (nSPS) is 10.3. The third kappa shape index (κ3) is 4.15. The summed E-state index contributed by atoms with van der Waals surface area (Å²) in [5, 5.41) is 5.67. The average molecular weight is 309 g/mol. The molecule has 0 atom stereocenters. The predicted molar refractivity (Wildman–Crippen MR) is 80.5 cm³/mol. The predicted octanol–water partition coefficient (Wildman–Crippen LogP) is 3.71. The molecule has 0 saturated heterocycles. The third-order valence-electron chi connectivity index (χ3n) is 2.61. The second-order valence-electron chi connectivity index (χ2n) is 4.27. The lowest BCUT2D eigenvalue weighted by molar-refractivity contribution is -0.116. The minimum absolute atomic E-state index is 0.0767. The Hall–Kier alpha value is -1.72. The van der Waals surface area contributed by atoms with Crippen LogP contribution < -0.4 is 5.32 Å². The van der Waals surface area contributed by atoms with Crippen LogP contribution in [0.2, 0.25) is 5.02 Å². The third-order valence-corrected chi connectivity index (χ3v) is 3.74. The van der Waals surface area contributed by atoms with Crippen LogP contribution in [0.25, 0.3) is 0 Å². The minimum atomic E-state index is -0.207. The number of benzene rings is 1. The van der Waals surface area contributed by atoms with Crippen LogP contribution in [0.1, 0.15) is 28.9 Å². The highest BCUT2D eigenvalue weighted by Crippen LogP contribution is 2.15. The molecule has 1 heterocycles. The molecule has 4 nitrogen and oxygen atoms in total. The zero-order chi connectivity index (χ0) is 14.5. The summed E-state index contributed by atoms with van der Waals surface area (Å²) in [5.41, 5.74) is 1.43. The van der Waals surface area contributed by atoms with E-state index in [-0.39, 0.29) is 24.5 Å². The van der Waals surface area contributed by atoms with Crippen molar-refractivity contribution in [2.45, 2.75) is 19.8 Å². The SMILES string of the molecule is Cc1csc(NC(=O)CCC(=O)c2ccc(Cl)cc2)n1. The van der Waals surface area contributed by atoms with Crippen molar-refractivity contribution in [3.8, 4) is 0 Å². The Labute approximate surface area is 125 Å². The molecule has 2 aromatic rings. The molecule has 0 unspecified atom stereocenters. The van der Waals surface area contributed by atoms with Gasteiger partial charge in [0.25, 0.3) is 0 Å². The molecule has 1 N–H and O–H groups in total. The molecular weight excluding hydrogens is 296 g/mol. The highest BCUT2D eigenvalue weighted by Gasteiger charge is 2.10. The summed E-state index contributed by atoms with van der Waals surface area (Å²) in [6, 6.07) is 6.64. The van der Waals surface area contributed by atoms with E-state index in [4.69, 9.17) is 11.6 Å². The van der Waals surface area contributed by atoms with Crippen LogP contribution in [0.15, 0.2) is 29.6 Å². The molecule has 0 saturated carbocycles. The van der Waals surface area contributed by atoms with E-state index in [2.05, 4.69) is 10.3 Å². The second-order valence-corrected chi connectivity index (χ2v) is 5.57. The van der Waals surface area contributed by atoms with Gasteiger partial charge in [0.1, 0.15) is 0 Å². The molecular formula is C14H13ClN2O2S. The highest BCUT2D eigenvalue weighted by molar-refractivity contribution is 7.13. The molecule has 1 aromatic carbocycles. The fourth-order valence-electron chi connectivity index (χ4n) is 1.60. The van der Waals surface area contributed by atoms with Crippen LogP contribution in [0.3, 0.4) is 0 Å². The average Bonchev–Trinajstić information content (AvgIpc) is 2.82. The maximum Gasteiger partial charge on any atom is 0.226 e. The first kappa shape index (κ1) is 14.7. The highest BCUT2D eigenvalue weighted by atomic mass is 35.5. The number of carbonyl (C=O) groups is 2. The number of carbonyl (C=O) groups excluding carboxylic acids is 2. The Bertz CT molecular complexity index is 622. The smallest absolute Gasteiger partial charge is 0.226 e. The Balaban J connectivity index is 1.84. The molecule has 1 aromatic heterocycles. The van der Waals surface area contributed by atoms with Crippen molar-refractivity contribution < 1.29 is 9.59 Å². The van der Waals surface area contributed by atoms with Gasteiger partial charge in [-0.3, -0.25) is 9.59 Å². The van der Waals surface area contributed by atoms with Crippen LogP contribution in [-0.4, -0.2) is 16.7 Å². The number of hydrogen-bond acceptors (Lipinski definition) is 4. The lowest BCUT2D eigenvalue weighted by atomic mass is 10.1. The zero-order valence-electron chi connectivity index (χ0n) is 10.9. The number of anilines is 1. The van der Waals surface area contributed by atoms with Gasteiger partial charge in [-0.2, -0.15) is 0 Å². The van der Waals surface area contributed by atoms with Crippen LogP contribution in [0.5, 0.6) is 0 Å². The van der Waals surface area contributed by atoms with E-state index in [0.29, 0.717) is 15.7 Å². The Morgan fingerprint density at radius 1 is 1.25 bits per heavy atom. The molecule has 0 spiro atoms. The first-order valence-corrected chi connectivity index (χ1v) is 7.31. The molecule has 2 rings (SSSR count). The largest absolute Gasteiger partial charge is 0.302 e. The van der Waals surface area contributed by atoms with E-state index in [1.165, 1.54) is 11.3 Å². The van der Waals surface area contributed by atoms with E-state index >= 15 is 0 Å². The molecule has 20 heavy (non-hydrogen) atoms. The molecule has 6 heteroatoms. The first-order valence-electron chi connectivity index (χ1n) is 6.05. The van der Waals surface area contributed by atoms with E-state index in [0.717, 1.165) is 5.69 Å². The number of halogens is 1. The monoisotopic (exact) mass is 308 g/mol. The van der Waals surface area contributed by atoms with Crippen molar-refractivity contribution in [1.29, 1.82) is 0 Å². The number of aromatic nitrogens is 1. The van der Waals surface area contributed by atoms with Gasteiger partial charge in [0.2, 0.25) is 5.91 Å². The summed E-state index contributed by atoms with van der Waals surface area (Å²) < 4.78 is 0. The second kappa shape index (κ2) is 6.63. The minimum Gasteiger partial charge on any atom is -0.302 e. The Morgan fingerprint density at radius 2 is 1.95 bits per heavy atom. The van der Waals surface area contributed by atoms with Crippen molar-refractivity contribution in [2.24, 2.45) is 0 Å². The number of hydrogen-bond donors (Lipinski definition) is 1. The van der Waals surface area contributed by atoms with Crippen LogP contribution in [0, 0.1) is 6.92 Å². The molecule has 0 bridgehead atoms. The maximum atomic E-state index is 11.9. The summed E-state index contributed by atoms with van der Waals surface area (Å²) in [6.45, 7) is 1.86. The van der Waals surface area contributed by atoms with Crippen LogP contribution in [0.4, 0.5) is 5.13 Å². The van der Waals surface area contributed by atoms with E-state index in [1.54, 1.807) is 24.3 Å². The molecule has 0 fully saturated rings. The first-order chi connectivity index (χ1) is 9.54. The van der Waals surface area contributed by atoms with E-state index in [9.17, 15) is 9.59 Å². The fourth-order valence-corrected chi connectivity index (χ4v) is 2.43. The van der Waals surface area contributed by atoms with E-state index in [1.807, 2.05) is 12.3 Å². The van der Waals surface area contributed by atoms with Crippen molar-refractivity contribution >= 4 is 39.8 Å². The number of nitrogens with one attached hydrogen (secondary N) is 1. The summed E-state index contributed by atoms with van der Waals surface area (Å²) >= 11 is 7.12. The Morgan fingerprint density at radius 3 is 2.55 bits per heavy atom. The van der Waals surface area contributed by atoms with Crippen molar-refractivity contribution in [3.63, 3.8) is 0 Å². The van der Waals surface area contributed by atoms with Gasteiger partial charge in [-0.1, -0.05) is 11.6 Å². The molecule has 0 radical (unpaired) electrons. The van der Waals surface area contributed by atoms with Gasteiger partial charge in [-0.25, -0.2) is 4.98 Å². The van der Waals surface area contributed by atoms with Gasteiger partial charge >= 0.3 is 0 Å². The lowest BCUT2D eigenvalue weighted by Gasteiger charge is -2.02. The molecule has 0 aliphatic rings. The van der Waals surface area contributed by atoms with Gasteiger partial charge in [-0.05, 0) is 31.2 Å². The quantitative estimate of drug-likeness (QED) is 0.857. The summed E-state index contributed by atoms with van der Waals surface area (Å²) in [5.74, 6) is -0.284. The van der Waals surface area contributed by atoms with Gasteiger partial charge in [0.05, 0.1) is 5.69 Å². The van der Waals surface area contributed by atoms with Gasteiger partial charge in [-0.15, -0.1) is 11.3 Å². The molecule has 0 aliphatic heterocycles. The van der Waals surface area contributed by atoms with Crippen LogP contribution >= 0.6 is 22.9 Å². The van der Waals surface area contributed by atoms with Crippen molar-refractivity contribution in [2.75, 3.05) is 5.32 Å². The molecule has 0 aliphatic carbocycles. The summed E-state index contributed by atoms with van der Waals surface area (Å²) in [4.78, 5) is 27.7. The maximum absolute atomic E-state index is 11.9. The van der Waals surface area contributed by atoms with Crippen LogP contribution in [-0.2, 0) is 4.79 Å². The standard InChI is InChI=1S/C14H13ClN2O2S/c1-9-8-20-14(16-9)17-13(19)7-6-12(18)10-2-4-11(15)5-3-10/h2-5,8H,6-7H2,1H3,(H,16,17,19). The Kier molecular flexibility index (Phi) is 4.87. The van der Waals surface area contributed by atoms with Crippen molar-refractivity contribution in [1.82, 2.24) is 4.98 Å². The number of ketones is 1. The van der Waals surface area contributed by atoms with E-state index < -0.39 is 0 Å². The number of Topliss-reactive ketones (excluding diaryl/α,β-unsaturated/α-hetero) is 1. The van der Waals surface area contributed by atoms with Gasteiger partial charge in [0.15, 0.2) is 10.9 Å². The summed E-state index contributed by atoms with van der Waals surface area (Å²) in [6.07, 6.45) is 0.303. The van der Waals surface area contributed by atoms with Gasteiger partial charge < -0.3 is 5.32 Å². The van der Waals surface area contributed by atoms with Gasteiger partial charge in [0, 0.05) is 28.8 Å². The number of nitrogens with zero attached hydrogens (tertiary/aromatic N) is 1. The fraction of sp³-hybridized carbons (Fsp3) is 0.214. The number of amides is 1. The zero-order valence-corrected chi connectivity index (χ0v) is 12.4. The number of aryl methyl sites for hydroxylation is 1. The van der Waals surface area contributed by atoms with Crippen molar-refractivity contribution in [3.05, 3.63) is 45.9 Å². The molecule has 1 amide bonds. The number of rotatable bonds is 5. The molecule has 104 valence electrons. The summed E-state index contributed by atoms with van der Waals surface area (Å²) in [7, 11) is 0. The topological polar surface area (TPSA) is 59.1 Å².